The van der Waals surface area contributed by atoms with Gasteiger partial charge in [0.2, 0.25) is 0 Å². The Labute approximate surface area is 154 Å². The molecular formula is C21H26N2O3. The van der Waals surface area contributed by atoms with Crippen LogP contribution in [0.25, 0.3) is 0 Å². The molecule has 5 nitrogen and oxygen atoms in total. The SMILES string of the molecule is COc1ccc(C2CNC(=O)N2C)cc1OC(C)CCc1ccccc1. The summed E-state index contributed by atoms with van der Waals surface area (Å²) < 4.78 is 11.6. The van der Waals surface area contributed by atoms with Crippen LogP contribution in [0.3, 0.4) is 0 Å². The third kappa shape index (κ3) is 4.10. The van der Waals surface area contributed by atoms with Crippen LogP contribution in [0.1, 0.15) is 30.5 Å². The van der Waals surface area contributed by atoms with Gasteiger partial charge < -0.3 is 19.7 Å². The number of hydrogen-bond donors (Lipinski definition) is 1. The van der Waals surface area contributed by atoms with E-state index >= 15 is 0 Å². The predicted molar refractivity (Wildman–Crippen MR) is 102 cm³/mol. The van der Waals surface area contributed by atoms with E-state index in [0.717, 1.165) is 24.2 Å². The van der Waals surface area contributed by atoms with E-state index in [4.69, 9.17) is 9.47 Å². The number of rotatable bonds is 7. The molecule has 3 rings (SSSR count). The molecule has 1 saturated heterocycles. The molecule has 0 spiro atoms. The monoisotopic (exact) mass is 354 g/mol. The minimum Gasteiger partial charge on any atom is -0.493 e. The van der Waals surface area contributed by atoms with E-state index in [1.165, 1.54) is 5.56 Å². The van der Waals surface area contributed by atoms with Gasteiger partial charge in [0.1, 0.15) is 0 Å². The van der Waals surface area contributed by atoms with Gasteiger partial charge in [0, 0.05) is 13.6 Å². The highest BCUT2D eigenvalue weighted by Gasteiger charge is 2.29. The second kappa shape index (κ2) is 8.13. The number of carbonyl (C=O) groups excluding carboxylic acids is 1. The summed E-state index contributed by atoms with van der Waals surface area (Å²) in [6.07, 6.45) is 1.94. The second-order valence-corrected chi connectivity index (χ2v) is 6.68. The van der Waals surface area contributed by atoms with Crippen molar-refractivity contribution in [3.63, 3.8) is 0 Å². The first kappa shape index (κ1) is 18.1. The van der Waals surface area contributed by atoms with Crippen LogP contribution in [0.2, 0.25) is 0 Å². The summed E-state index contributed by atoms with van der Waals surface area (Å²) >= 11 is 0. The molecule has 1 heterocycles. The molecule has 0 aliphatic carbocycles. The average Bonchev–Trinajstić information content (AvgIpc) is 3.00. The number of benzene rings is 2. The van der Waals surface area contributed by atoms with Gasteiger partial charge in [-0.3, -0.25) is 0 Å². The molecule has 5 heteroatoms. The Morgan fingerprint density at radius 1 is 1.19 bits per heavy atom. The standard InChI is InChI=1S/C21H26N2O3/c1-15(9-10-16-7-5-4-6-8-16)26-20-13-17(11-12-19(20)25-3)18-14-22-21(24)23(18)2/h4-8,11-13,15,18H,9-10,14H2,1-3H3,(H,22,24). The fraction of sp³-hybridized carbons (Fsp3) is 0.381. The minimum absolute atomic E-state index is 0.00961. The van der Waals surface area contributed by atoms with E-state index in [1.54, 1.807) is 19.1 Å². The van der Waals surface area contributed by atoms with E-state index < -0.39 is 0 Å². The Kier molecular flexibility index (Phi) is 5.66. The van der Waals surface area contributed by atoms with Gasteiger partial charge >= 0.3 is 6.03 Å². The number of carbonyl (C=O) groups is 1. The smallest absolute Gasteiger partial charge is 0.317 e. The summed E-state index contributed by atoms with van der Waals surface area (Å²) in [7, 11) is 3.45. The van der Waals surface area contributed by atoms with Crippen molar-refractivity contribution < 1.29 is 14.3 Å². The van der Waals surface area contributed by atoms with Crippen molar-refractivity contribution in [3.8, 4) is 11.5 Å². The number of methoxy groups -OCH3 is 1. The first-order chi connectivity index (χ1) is 12.6. The van der Waals surface area contributed by atoms with Gasteiger partial charge in [-0.15, -0.1) is 0 Å². The van der Waals surface area contributed by atoms with E-state index in [0.29, 0.717) is 12.3 Å². The Hall–Kier alpha value is -2.69. The summed E-state index contributed by atoms with van der Waals surface area (Å²) in [5, 5.41) is 2.86. The number of nitrogens with zero attached hydrogens (tertiary/aromatic N) is 1. The molecule has 1 fully saturated rings. The number of ether oxygens (including phenoxy) is 2. The fourth-order valence-electron chi connectivity index (χ4n) is 3.21. The third-order valence-corrected chi connectivity index (χ3v) is 4.82. The van der Waals surface area contributed by atoms with E-state index in [2.05, 4.69) is 36.5 Å². The zero-order valence-electron chi connectivity index (χ0n) is 15.6. The molecule has 2 aromatic rings. The van der Waals surface area contributed by atoms with Crippen molar-refractivity contribution >= 4 is 6.03 Å². The molecule has 2 unspecified atom stereocenters. The molecule has 2 aromatic carbocycles. The lowest BCUT2D eigenvalue weighted by Crippen LogP contribution is -2.25. The Morgan fingerprint density at radius 2 is 1.96 bits per heavy atom. The highest BCUT2D eigenvalue weighted by molar-refractivity contribution is 5.77. The van der Waals surface area contributed by atoms with Crippen molar-refractivity contribution in [2.24, 2.45) is 0 Å². The highest BCUT2D eigenvalue weighted by Crippen LogP contribution is 2.34. The van der Waals surface area contributed by atoms with Gasteiger partial charge in [0.25, 0.3) is 0 Å². The summed E-state index contributed by atoms with van der Waals surface area (Å²) in [6.45, 7) is 2.67. The molecule has 138 valence electrons. The molecule has 2 atom stereocenters. The van der Waals surface area contributed by atoms with Crippen LogP contribution >= 0.6 is 0 Å². The molecule has 1 aliphatic rings. The molecule has 26 heavy (non-hydrogen) atoms. The van der Waals surface area contributed by atoms with Crippen molar-refractivity contribution in [2.45, 2.75) is 31.9 Å². The lowest BCUT2D eigenvalue weighted by molar-refractivity contribution is 0.201. The number of nitrogens with one attached hydrogen (secondary N) is 1. The first-order valence-corrected chi connectivity index (χ1v) is 8.97. The van der Waals surface area contributed by atoms with Crippen LogP contribution in [-0.2, 0) is 6.42 Å². The van der Waals surface area contributed by atoms with Crippen molar-refractivity contribution in [1.82, 2.24) is 10.2 Å². The fourth-order valence-corrected chi connectivity index (χ4v) is 3.21. The van der Waals surface area contributed by atoms with E-state index in [1.807, 2.05) is 24.3 Å². The molecule has 0 aromatic heterocycles. The number of likely N-dealkylation sites (N-methyl/N-ethyl adjacent to an activating group) is 1. The van der Waals surface area contributed by atoms with Gasteiger partial charge in [0.15, 0.2) is 11.5 Å². The molecule has 0 radical (unpaired) electrons. The maximum atomic E-state index is 11.7. The largest absolute Gasteiger partial charge is 0.493 e. The van der Waals surface area contributed by atoms with Gasteiger partial charge in [-0.2, -0.15) is 0 Å². The number of amides is 2. The van der Waals surface area contributed by atoms with E-state index in [9.17, 15) is 4.79 Å². The van der Waals surface area contributed by atoms with Gasteiger partial charge in [-0.25, -0.2) is 4.79 Å². The molecular weight excluding hydrogens is 328 g/mol. The van der Waals surface area contributed by atoms with Crippen LogP contribution < -0.4 is 14.8 Å². The Bertz CT molecular complexity index is 748. The zero-order valence-corrected chi connectivity index (χ0v) is 15.6. The number of hydrogen-bond acceptors (Lipinski definition) is 3. The maximum Gasteiger partial charge on any atom is 0.317 e. The number of aryl methyl sites for hydroxylation is 1. The van der Waals surface area contributed by atoms with Crippen LogP contribution in [0.15, 0.2) is 48.5 Å². The third-order valence-electron chi connectivity index (χ3n) is 4.82. The zero-order chi connectivity index (χ0) is 18.5. The quantitative estimate of drug-likeness (QED) is 0.823. The molecule has 0 saturated carbocycles. The van der Waals surface area contributed by atoms with E-state index in [-0.39, 0.29) is 18.2 Å². The summed E-state index contributed by atoms with van der Waals surface area (Å²) in [5.74, 6) is 1.43. The average molecular weight is 354 g/mol. The lowest BCUT2D eigenvalue weighted by atomic mass is 10.1. The van der Waals surface area contributed by atoms with Crippen LogP contribution in [-0.4, -0.2) is 37.7 Å². The predicted octanol–water partition coefficient (Wildman–Crippen LogP) is 3.79. The van der Waals surface area contributed by atoms with Crippen molar-refractivity contribution in [2.75, 3.05) is 20.7 Å². The summed E-state index contributed by atoms with van der Waals surface area (Å²) in [5.41, 5.74) is 2.35. The molecule has 1 aliphatic heterocycles. The maximum absolute atomic E-state index is 11.7. The highest BCUT2D eigenvalue weighted by atomic mass is 16.5. The summed E-state index contributed by atoms with van der Waals surface area (Å²) in [6, 6.07) is 16.2. The number of urea groups is 1. The Balaban J connectivity index is 1.69. The summed E-state index contributed by atoms with van der Waals surface area (Å²) in [4.78, 5) is 13.4. The van der Waals surface area contributed by atoms with Crippen LogP contribution in [0.5, 0.6) is 11.5 Å². The van der Waals surface area contributed by atoms with Gasteiger partial charge in [0.05, 0.1) is 19.3 Å². The minimum atomic E-state index is -0.0514. The normalized spacial score (nSPS) is 17.7. The first-order valence-electron chi connectivity index (χ1n) is 8.97. The van der Waals surface area contributed by atoms with Crippen molar-refractivity contribution in [1.29, 1.82) is 0 Å². The molecule has 1 N–H and O–H groups in total. The second-order valence-electron chi connectivity index (χ2n) is 6.68. The van der Waals surface area contributed by atoms with Gasteiger partial charge in [-0.1, -0.05) is 36.4 Å². The van der Waals surface area contributed by atoms with Gasteiger partial charge in [-0.05, 0) is 43.0 Å². The Morgan fingerprint density at radius 3 is 2.62 bits per heavy atom. The topological polar surface area (TPSA) is 50.8 Å². The molecule has 0 bridgehead atoms. The van der Waals surface area contributed by atoms with Crippen LogP contribution in [0.4, 0.5) is 4.79 Å². The lowest BCUT2D eigenvalue weighted by Gasteiger charge is -2.21. The van der Waals surface area contributed by atoms with Crippen LogP contribution in [0, 0.1) is 0 Å². The molecule has 2 amide bonds. The van der Waals surface area contributed by atoms with Crippen molar-refractivity contribution in [3.05, 3.63) is 59.7 Å².